The number of carbonyl (C=O) groups excluding carboxylic acids is 2. The minimum Gasteiger partial charge on any atom is -0.461 e. The number of rotatable bonds is 2. The lowest BCUT2D eigenvalue weighted by molar-refractivity contribution is -0.174. The van der Waals surface area contributed by atoms with Crippen LogP contribution in [0.15, 0.2) is 0 Å². The maximum Gasteiger partial charge on any atom is 0.471 e. The summed E-state index contributed by atoms with van der Waals surface area (Å²) in [6, 6.07) is 0. The van der Waals surface area contributed by atoms with E-state index in [0.717, 1.165) is 0 Å². The van der Waals surface area contributed by atoms with Crippen LogP contribution in [-0.2, 0) is 14.3 Å². The van der Waals surface area contributed by atoms with Crippen LogP contribution in [0.3, 0.4) is 0 Å². The van der Waals surface area contributed by atoms with E-state index >= 15 is 0 Å². The van der Waals surface area contributed by atoms with Crippen molar-refractivity contribution in [3.63, 3.8) is 0 Å². The van der Waals surface area contributed by atoms with Gasteiger partial charge in [0.15, 0.2) is 0 Å². The number of amides is 1. The summed E-state index contributed by atoms with van der Waals surface area (Å²) in [5.74, 6) is -3.24. The van der Waals surface area contributed by atoms with Crippen LogP contribution in [0.5, 0.6) is 0 Å². The minimum atomic E-state index is -4.98. The number of hydrogen-bond donors (Lipinski definition) is 1. The number of nitrogens with one attached hydrogen (secondary N) is 1. The third-order valence-corrected chi connectivity index (χ3v) is 0.812. The summed E-state index contributed by atoms with van der Waals surface area (Å²) < 4.78 is 38.0. The third-order valence-electron chi connectivity index (χ3n) is 0.812. The molecular weight excluding hydrogens is 179 g/mol. The fourth-order valence-electron chi connectivity index (χ4n) is 0.304. The van der Waals surface area contributed by atoms with Gasteiger partial charge < -0.3 is 10.1 Å². The lowest BCUT2D eigenvalue weighted by Gasteiger charge is -2.05. The molecule has 0 atom stereocenters. The van der Waals surface area contributed by atoms with Gasteiger partial charge in [-0.15, -0.1) is 0 Å². The Balaban J connectivity index is 3.81. The zero-order valence-electron chi connectivity index (χ0n) is 5.77. The van der Waals surface area contributed by atoms with Crippen molar-refractivity contribution in [1.82, 2.24) is 5.32 Å². The molecular formula is C5H5F3NO3. The molecule has 0 aliphatic carbocycles. The normalized spacial score (nSPS) is 10.7. The first-order valence-corrected chi connectivity index (χ1v) is 2.68. The molecule has 0 aliphatic rings. The van der Waals surface area contributed by atoms with Gasteiger partial charge in [0.1, 0.15) is 13.7 Å². The highest BCUT2D eigenvalue weighted by Crippen LogP contribution is 2.13. The van der Waals surface area contributed by atoms with Gasteiger partial charge in [0.05, 0.1) is 0 Å². The Morgan fingerprint density at radius 3 is 2.25 bits per heavy atom. The summed E-state index contributed by atoms with van der Waals surface area (Å²) in [5.41, 5.74) is 0. The Morgan fingerprint density at radius 1 is 1.42 bits per heavy atom. The van der Waals surface area contributed by atoms with E-state index in [4.69, 9.17) is 0 Å². The van der Waals surface area contributed by atoms with Gasteiger partial charge in [-0.1, -0.05) is 0 Å². The van der Waals surface area contributed by atoms with Crippen LogP contribution < -0.4 is 5.32 Å². The maximum absolute atomic E-state index is 11.4. The molecule has 4 nitrogen and oxygen atoms in total. The standard InChI is InChI=1S/C5H5F3NO3/c1-12-3(10)2-9-4(11)5(6,7)8/h1-2H2,(H,9,11). The van der Waals surface area contributed by atoms with Gasteiger partial charge in [-0.2, -0.15) is 13.2 Å². The van der Waals surface area contributed by atoms with E-state index in [9.17, 15) is 22.8 Å². The molecule has 1 radical (unpaired) electrons. The van der Waals surface area contributed by atoms with Gasteiger partial charge in [0.2, 0.25) is 0 Å². The molecule has 0 aliphatic heterocycles. The Labute approximate surface area is 65.7 Å². The van der Waals surface area contributed by atoms with Gasteiger partial charge >= 0.3 is 18.1 Å². The average molecular weight is 184 g/mol. The van der Waals surface area contributed by atoms with Gasteiger partial charge in [-0.3, -0.25) is 9.59 Å². The molecule has 7 heteroatoms. The van der Waals surface area contributed by atoms with Gasteiger partial charge in [-0.05, 0) is 0 Å². The summed E-state index contributed by atoms with van der Waals surface area (Å²) in [4.78, 5) is 20.2. The lowest BCUT2D eigenvalue weighted by atomic mass is 10.5. The first-order chi connectivity index (χ1) is 5.38. The summed E-state index contributed by atoms with van der Waals surface area (Å²) in [7, 11) is 2.64. The van der Waals surface area contributed by atoms with E-state index in [1.807, 2.05) is 0 Å². The number of ether oxygens (including phenoxy) is 1. The molecule has 0 saturated carbocycles. The highest BCUT2D eigenvalue weighted by molar-refractivity contribution is 5.85. The molecule has 1 amide bonds. The summed E-state index contributed by atoms with van der Waals surface area (Å²) in [6.07, 6.45) is -4.98. The summed E-state index contributed by atoms with van der Waals surface area (Å²) in [5, 5.41) is 1.29. The molecule has 12 heavy (non-hydrogen) atoms. The minimum absolute atomic E-state index is 0.845. The number of alkyl halides is 3. The SMILES string of the molecule is [CH2]OC(=O)CNC(=O)C(F)(F)F. The van der Waals surface area contributed by atoms with Crippen LogP contribution in [0, 0.1) is 7.11 Å². The second-order valence-corrected chi connectivity index (χ2v) is 1.70. The molecule has 0 unspecified atom stereocenters. The zero-order valence-corrected chi connectivity index (χ0v) is 5.77. The number of hydrogen-bond acceptors (Lipinski definition) is 3. The largest absolute Gasteiger partial charge is 0.471 e. The van der Waals surface area contributed by atoms with Crippen LogP contribution in [-0.4, -0.2) is 24.6 Å². The molecule has 0 saturated heterocycles. The monoisotopic (exact) mass is 184 g/mol. The van der Waals surface area contributed by atoms with Crippen LogP contribution in [0.4, 0.5) is 13.2 Å². The van der Waals surface area contributed by atoms with Crippen molar-refractivity contribution in [3.05, 3.63) is 7.11 Å². The fraction of sp³-hybridized carbons (Fsp3) is 0.400. The Bertz CT molecular complexity index is 189. The van der Waals surface area contributed by atoms with Crippen molar-refractivity contribution in [1.29, 1.82) is 0 Å². The van der Waals surface area contributed by atoms with Gasteiger partial charge in [0, 0.05) is 0 Å². The van der Waals surface area contributed by atoms with Crippen LogP contribution in [0.1, 0.15) is 0 Å². The average Bonchev–Trinajstić information content (AvgIpc) is 1.97. The highest BCUT2D eigenvalue weighted by Gasteiger charge is 2.38. The molecule has 0 rings (SSSR count). The molecule has 1 N–H and O–H groups in total. The van der Waals surface area contributed by atoms with Crippen LogP contribution in [0.25, 0.3) is 0 Å². The van der Waals surface area contributed by atoms with E-state index in [-0.39, 0.29) is 0 Å². The molecule has 0 heterocycles. The van der Waals surface area contributed by atoms with Crippen LogP contribution in [0.2, 0.25) is 0 Å². The summed E-state index contributed by atoms with van der Waals surface area (Å²) >= 11 is 0. The van der Waals surface area contributed by atoms with Crippen molar-refractivity contribution < 1.29 is 27.5 Å². The van der Waals surface area contributed by atoms with Crippen molar-refractivity contribution in [3.8, 4) is 0 Å². The Morgan fingerprint density at radius 2 is 1.92 bits per heavy atom. The molecule has 0 bridgehead atoms. The smallest absolute Gasteiger partial charge is 0.461 e. The van der Waals surface area contributed by atoms with Crippen LogP contribution >= 0.6 is 0 Å². The molecule has 0 spiro atoms. The number of carbonyl (C=O) groups is 2. The second kappa shape index (κ2) is 3.93. The molecule has 0 aromatic carbocycles. The van der Waals surface area contributed by atoms with Crippen molar-refractivity contribution in [2.75, 3.05) is 6.54 Å². The molecule has 0 aromatic rings. The maximum atomic E-state index is 11.4. The lowest BCUT2D eigenvalue weighted by Crippen LogP contribution is -2.39. The highest BCUT2D eigenvalue weighted by atomic mass is 19.4. The Hall–Kier alpha value is -1.27. The van der Waals surface area contributed by atoms with Gasteiger partial charge in [-0.25, -0.2) is 0 Å². The first kappa shape index (κ1) is 10.7. The summed E-state index contributed by atoms with van der Waals surface area (Å²) in [6.45, 7) is -0.845. The fourth-order valence-corrected chi connectivity index (χ4v) is 0.304. The van der Waals surface area contributed by atoms with E-state index in [1.165, 1.54) is 5.32 Å². The first-order valence-electron chi connectivity index (χ1n) is 2.68. The molecule has 69 valence electrons. The predicted octanol–water partition coefficient (Wildman–Crippen LogP) is -0.000310. The topological polar surface area (TPSA) is 55.4 Å². The van der Waals surface area contributed by atoms with E-state index in [0.29, 0.717) is 0 Å². The van der Waals surface area contributed by atoms with Gasteiger partial charge in [0.25, 0.3) is 0 Å². The van der Waals surface area contributed by atoms with E-state index in [2.05, 4.69) is 11.8 Å². The van der Waals surface area contributed by atoms with E-state index < -0.39 is 24.6 Å². The Kier molecular flexibility index (Phi) is 3.52. The van der Waals surface area contributed by atoms with Crippen molar-refractivity contribution in [2.45, 2.75) is 6.18 Å². The zero-order chi connectivity index (χ0) is 9.78. The predicted molar refractivity (Wildman–Crippen MR) is 30.5 cm³/mol. The molecule has 0 fully saturated rings. The van der Waals surface area contributed by atoms with E-state index in [1.54, 1.807) is 0 Å². The van der Waals surface area contributed by atoms with Crippen molar-refractivity contribution in [2.24, 2.45) is 0 Å². The van der Waals surface area contributed by atoms with Crippen molar-refractivity contribution >= 4 is 11.9 Å². The third kappa shape index (κ3) is 3.79. The quantitative estimate of drug-likeness (QED) is 0.614. The molecule has 0 aromatic heterocycles. The second-order valence-electron chi connectivity index (χ2n) is 1.70. The number of esters is 1. The number of halogens is 3.